The molecule has 32 heavy (non-hydrogen) atoms. The van der Waals surface area contributed by atoms with E-state index in [9.17, 15) is 24.3 Å². The molecule has 0 aromatic carbocycles. The highest BCUT2D eigenvalue weighted by Gasteiger charge is 2.41. The average Bonchev–Trinajstić information content (AvgIpc) is 2.66. The minimum absolute atomic E-state index is 0.0208. The maximum atomic E-state index is 11.7. The number of rotatable bonds is 20. The summed E-state index contributed by atoms with van der Waals surface area (Å²) in [6, 6.07) is 0. The van der Waals surface area contributed by atoms with E-state index in [1.807, 2.05) is 0 Å². The molecule has 8 nitrogen and oxygen atoms in total. The van der Waals surface area contributed by atoms with Crippen LogP contribution in [-0.4, -0.2) is 44.8 Å². The lowest BCUT2D eigenvalue weighted by Crippen LogP contribution is -2.43. The molecule has 0 aliphatic heterocycles. The molecule has 1 atom stereocenters. The first-order valence-electron chi connectivity index (χ1n) is 12.0. The summed E-state index contributed by atoms with van der Waals surface area (Å²) in [5.74, 6) is -4.68. The molecule has 0 rings (SSSR count). The molecule has 0 saturated heterocycles. The van der Waals surface area contributed by atoms with E-state index in [0.29, 0.717) is 6.42 Å². The molecule has 0 heterocycles. The van der Waals surface area contributed by atoms with Crippen LogP contribution in [-0.2, 0) is 23.9 Å². The van der Waals surface area contributed by atoms with E-state index in [-0.39, 0.29) is 6.42 Å². The Morgan fingerprint density at radius 3 is 1.53 bits per heavy atom. The van der Waals surface area contributed by atoms with Crippen molar-refractivity contribution in [3.63, 3.8) is 0 Å². The van der Waals surface area contributed by atoms with E-state index in [0.717, 1.165) is 25.2 Å². The minimum Gasteiger partial charge on any atom is -0.481 e. The van der Waals surface area contributed by atoms with Gasteiger partial charge < -0.3 is 20.1 Å². The zero-order chi connectivity index (χ0) is 24.4. The third-order valence-electron chi connectivity index (χ3n) is 5.42. The summed E-state index contributed by atoms with van der Waals surface area (Å²) < 4.78 is 4.50. The summed E-state index contributed by atoms with van der Waals surface area (Å²) in [5.41, 5.74) is -2.79. The summed E-state index contributed by atoms with van der Waals surface area (Å²) in [4.78, 5) is 45.0. The quantitative estimate of drug-likeness (QED) is 0.134. The molecule has 0 aromatic heterocycles. The second-order valence-electron chi connectivity index (χ2n) is 9.11. The number of carboxylic acids is 2. The largest absolute Gasteiger partial charge is 0.481 e. The predicted molar refractivity (Wildman–Crippen MR) is 120 cm³/mol. The topological polar surface area (TPSA) is 138 Å². The zero-order valence-corrected chi connectivity index (χ0v) is 19.8. The van der Waals surface area contributed by atoms with Crippen LogP contribution in [0.3, 0.4) is 0 Å². The summed E-state index contributed by atoms with van der Waals surface area (Å²) >= 11 is 0. The van der Waals surface area contributed by atoms with Gasteiger partial charge in [0.1, 0.15) is 0 Å². The number of carbonyl (C=O) groups excluding carboxylic acids is 2. The zero-order valence-electron chi connectivity index (χ0n) is 19.8. The van der Waals surface area contributed by atoms with Crippen LogP contribution in [0.25, 0.3) is 0 Å². The molecule has 1 unspecified atom stereocenters. The van der Waals surface area contributed by atoms with Crippen molar-refractivity contribution in [2.24, 2.45) is 5.92 Å². The van der Waals surface area contributed by atoms with Gasteiger partial charge in [-0.15, -0.1) is 0 Å². The van der Waals surface area contributed by atoms with Gasteiger partial charge in [0, 0.05) is 6.42 Å². The third-order valence-corrected chi connectivity index (χ3v) is 5.42. The molecule has 0 bridgehead atoms. The Bertz CT molecular complexity index is 572. The Kier molecular flexibility index (Phi) is 16.5. The monoisotopic (exact) mass is 458 g/mol. The Morgan fingerprint density at radius 1 is 0.688 bits per heavy atom. The smallest absolute Gasteiger partial charge is 0.336 e. The van der Waals surface area contributed by atoms with Gasteiger partial charge in [0.05, 0.1) is 12.8 Å². The van der Waals surface area contributed by atoms with Crippen molar-refractivity contribution in [3.05, 3.63) is 0 Å². The van der Waals surface area contributed by atoms with Gasteiger partial charge in [-0.25, -0.2) is 4.79 Å². The third kappa shape index (κ3) is 16.7. The SMILES string of the molecule is CC(C)CCCCCCCCCCCCCCC(=O)OC(=O)CC(O)(CC(=O)O)C(=O)O. The molecule has 0 radical (unpaired) electrons. The molecular formula is C24H42O8. The van der Waals surface area contributed by atoms with E-state index >= 15 is 0 Å². The number of carboxylic acid groups (broad SMARTS) is 2. The van der Waals surface area contributed by atoms with Crippen LogP contribution in [0.5, 0.6) is 0 Å². The van der Waals surface area contributed by atoms with E-state index in [4.69, 9.17) is 10.2 Å². The second-order valence-corrected chi connectivity index (χ2v) is 9.11. The Balaban J connectivity index is 3.68. The summed E-state index contributed by atoms with van der Waals surface area (Å²) in [6.07, 6.45) is 12.9. The highest BCUT2D eigenvalue weighted by atomic mass is 16.6. The Labute approximate surface area is 191 Å². The molecule has 3 N–H and O–H groups in total. The van der Waals surface area contributed by atoms with Crippen LogP contribution >= 0.6 is 0 Å². The van der Waals surface area contributed by atoms with Gasteiger partial charge in [0.2, 0.25) is 0 Å². The van der Waals surface area contributed by atoms with Crippen LogP contribution in [0.15, 0.2) is 0 Å². The first-order valence-corrected chi connectivity index (χ1v) is 12.0. The van der Waals surface area contributed by atoms with Gasteiger partial charge in [-0.05, 0) is 12.3 Å². The Hall–Kier alpha value is -1.96. The molecule has 0 aliphatic rings. The van der Waals surface area contributed by atoms with Gasteiger partial charge in [-0.2, -0.15) is 0 Å². The number of ether oxygens (including phenoxy) is 1. The number of hydrogen-bond acceptors (Lipinski definition) is 6. The van der Waals surface area contributed by atoms with Gasteiger partial charge >= 0.3 is 23.9 Å². The molecular weight excluding hydrogens is 416 g/mol. The number of esters is 2. The first kappa shape index (κ1) is 30.0. The highest BCUT2D eigenvalue weighted by molar-refractivity contribution is 5.92. The number of carbonyl (C=O) groups is 4. The van der Waals surface area contributed by atoms with E-state index in [1.165, 1.54) is 57.8 Å². The van der Waals surface area contributed by atoms with Crippen molar-refractivity contribution in [3.8, 4) is 0 Å². The summed E-state index contributed by atoms with van der Waals surface area (Å²) in [6.45, 7) is 4.54. The Morgan fingerprint density at radius 2 is 1.12 bits per heavy atom. The average molecular weight is 459 g/mol. The fourth-order valence-electron chi connectivity index (χ4n) is 3.51. The van der Waals surface area contributed by atoms with Crippen molar-refractivity contribution in [1.82, 2.24) is 0 Å². The molecule has 0 spiro atoms. The van der Waals surface area contributed by atoms with Crippen molar-refractivity contribution < 1.29 is 39.2 Å². The van der Waals surface area contributed by atoms with Crippen LogP contribution in [0, 0.1) is 5.92 Å². The fourth-order valence-corrected chi connectivity index (χ4v) is 3.51. The van der Waals surface area contributed by atoms with Crippen LogP contribution in [0.4, 0.5) is 0 Å². The van der Waals surface area contributed by atoms with E-state index in [2.05, 4.69) is 18.6 Å². The maximum absolute atomic E-state index is 11.7. The molecule has 0 amide bonds. The molecule has 0 aromatic rings. The molecule has 8 heteroatoms. The number of aliphatic hydroxyl groups is 1. The van der Waals surface area contributed by atoms with Crippen molar-refractivity contribution in [2.75, 3.05) is 0 Å². The fraction of sp³-hybridized carbons (Fsp3) is 0.833. The van der Waals surface area contributed by atoms with Gasteiger partial charge in [-0.1, -0.05) is 90.9 Å². The van der Waals surface area contributed by atoms with Gasteiger partial charge in [0.15, 0.2) is 5.60 Å². The predicted octanol–water partition coefficient (Wildman–Crippen LogP) is 4.85. The lowest BCUT2D eigenvalue weighted by molar-refractivity contribution is -0.174. The highest BCUT2D eigenvalue weighted by Crippen LogP contribution is 2.18. The van der Waals surface area contributed by atoms with Crippen LogP contribution < -0.4 is 0 Å². The van der Waals surface area contributed by atoms with Gasteiger partial charge in [-0.3, -0.25) is 14.4 Å². The van der Waals surface area contributed by atoms with Gasteiger partial charge in [0.25, 0.3) is 0 Å². The lowest BCUT2D eigenvalue weighted by Gasteiger charge is -2.19. The molecule has 0 fully saturated rings. The van der Waals surface area contributed by atoms with Crippen molar-refractivity contribution in [1.29, 1.82) is 0 Å². The number of hydrogen-bond donors (Lipinski definition) is 3. The van der Waals surface area contributed by atoms with Crippen molar-refractivity contribution in [2.45, 2.75) is 122 Å². The van der Waals surface area contributed by atoms with E-state index in [1.54, 1.807) is 0 Å². The normalized spacial score (nSPS) is 13.0. The number of aliphatic carboxylic acids is 2. The van der Waals surface area contributed by atoms with Crippen molar-refractivity contribution >= 4 is 23.9 Å². The second kappa shape index (κ2) is 17.6. The van der Waals surface area contributed by atoms with E-state index < -0.39 is 42.3 Å². The lowest BCUT2D eigenvalue weighted by atomic mass is 9.96. The standard InChI is InChI=1S/C24H42O8/c1-19(2)15-13-11-9-7-5-3-4-6-8-10-12-14-16-21(27)32-22(28)18-24(31,23(29)30)17-20(25)26/h19,31H,3-18H2,1-2H3,(H,25,26)(H,29,30). The number of unbranched alkanes of at least 4 members (excludes halogenated alkanes) is 11. The molecule has 0 aliphatic carbocycles. The van der Waals surface area contributed by atoms with Crippen LogP contribution in [0.2, 0.25) is 0 Å². The minimum atomic E-state index is -2.79. The summed E-state index contributed by atoms with van der Waals surface area (Å²) in [7, 11) is 0. The summed E-state index contributed by atoms with van der Waals surface area (Å²) in [5, 5.41) is 27.3. The van der Waals surface area contributed by atoms with Crippen LogP contribution in [0.1, 0.15) is 117 Å². The maximum Gasteiger partial charge on any atom is 0.336 e. The first-order chi connectivity index (χ1) is 15.1. The molecule has 0 saturated carbocycles. The molecule has 186 valence electrons.